The highest BCUT2D eigenvalue weighted by atomic mass is 16.5. The Kier molecular flexibility index (Phi) is 5.60. The maximum Gasteiger partial charge on any atom is 0.274 e. The van der Waals surface area contributed by atoms with Gasteiger partial charge in [0.25, 0.3) is 5.91 Å². The Bertz CT molecular complexity index is 932. The van der Waals surface area contributed by atoms with Crippen LogP contribution in [-0.2, 0) is 6.61 Å². The number of amides is 1. The smallest absolute Gasteiger partial charge is 0.274 e. The van der Waals surface area contributed by atoms with Crippen LogP contribution in [0.4, 0.5) is 0 Å². The van der Waals surface area contributed by atoms with E-state index in [9.17, 15) is 4.79 Å². The SMILES string of the molecule is Cc1cccc(OCc2c(C(=O)NC(C)c3ccccc3)noc2C)c1C. The Morgan fingerprint density at radius 1 is 1.11 bits per heavy atom. The summed E-state index contributed by atoms with van der Waals surface area (Å²) in [6.45, 7) is 8.00. The zero-order chi connectivity index (χ0) is 19.4. The molecule has 1 unspecified atom stereocenters. The van der Waals surface area contributed by atoms with Crippen molar-refractivity contribution >= 4 is 5.91 Å². The Morgan fingerprint density at radius 2 is 1.85 bits per heavy atom. The van der Waals surface area contributed by atoms with Gasteiger partial charge in [-0.2, -0.15) is 0 Å². The number of aryl methyl sites for hydroxylation is 2. The van der Waals surface area contributed by atoms with E-state index in [2.05, 4.69) is 10.5 Å². The van der Waals surface area contributed by atoms with Crippen molar-refractivity contribution in [2.24, 2.45) is 0 Å². The zero-order valence-electron chi connectivity index (χ0n) is 16.1. The lowest BCUT2D eigenvalue weighted by molar-refractivity contribution is 0.0928. The molecule has 1 atom stereocenters. The summed E-state index contributed by atoms with van der Waals surface area (Å²) < 4.78 is 11.2. The van der Waals surface area contributed by atoms with E-state index in [1.54, 1.807) is 6.92 Å². The van der Waals surface area contributed by atoms with E-state index in [0.717, 1.165) is 22.4 Å². The lowest BCUT2D eigenvalue weighted by atomic mass is 10.1. The molecule has 2 aromatic carbocycles. The number of carbonyl (C=O) groups excluding carboxylic acids is 1. The number of hydrogen-bond donors (Lipinski definition) is 1. The second-order valence-corrected chi connectivity index (χ2v) is 6.66. The van der Waals surface area contributed by atoms with E-state index in [4.69, 9.17) is 9.26 Å². The van der Waals surface area contributed by atoms with Gasteiger partial charge in [0.2, 0.25) is 0 Å². The fraction of sp³-hybridized carbons (Fsp3) is 0.273. The van der Waals surface area contributed by atoms with E-state index < -0.39 is 0 Å². The number of nitrogens with zero attached hydrogens (tertiary/aromatic N) is 1. The number of hydrogen-bond acceptors (Lipinski definition) is 4. The van der Waals surface area contributed by atoms with Crippen molar-refractivity contribution in [3.8, 4) is 5.75 Å². The van der Waals surface area contributed by atoms with Crippen molar-refractivity contribution in [3.63, 3.8) is 0 Å². The Labute approximate surface area is 159 Å². The van der Waals surface area contributed by atoms with Crippen molar-refractivity contribution in [3.05, 3.63) is 82.2 Å². The Balaban J connectivity index is 1.74. The molecule has 0 saturated carbocycles. The molecule has 3 rings (SSSR count). The molecule has 1 aromatic heterocycles. The molecular formula is C22H24N2O3. The molecule has 0 radical (unpaired) electrons. The van der Waals surface area contributed by atoms with E-state index in [-0.39, 0.29) is 24.2 Å². The zero-order valence-corrected chi connectivity index (χ0v) is 16.1. The van der Waals surface area contributed by atoms with Crippen LogP contribution in [0.5, 0.6) is 5.75 Å². The molecule has 1 amide bonds. The van der Waals surface area contributed by atoms with Crippen LogP contribution in [0.25, 0.3) is 0 Å². The summed E-state index contributed by atoms with van der Waals surface area (Å²) in [6, 6.07) is 15.6. The number of ether oxygens (including phenoxy) is 1. The average Bonchev–Trinajstić information content (AvgIpc) is 3.04. The predicted octanol–water partition coefficient (Wildman–Crippen LogP) is 4.67. The summed E-state index contributed by atoms with van der Waals surface area (Å²) in [6.07, 6.45) is 0. The van der Waals surface area contributed by atoms with E-state index in [1.807, 2.05) is 69.3 Å². The second kappa shape index (κ2) is 8.08. The van der Waals surface area contributed by atoms with Crippen LogP contribution in [0, 0.1) is 20.8 Å². The first-order valence-corrected chi connectivity index (χ1v) is 8.97. The molecule has 0 fully saturated rings. The molecule has 5 heteroatoms. The second-order valence-electron chi connectivity index (χ2n) is 6.66. The van der Waals surface area contributed by atoms with Crippen molar-refractivity contribution in [2.45, 2.75) is 40.3 Å². The van der Waals surface area contributed by atoms with Crippen molar-refractivity contribution in [1.29, 1.82) is 0 Å². The predicted molar refractivity (Wildman–Crippen MR) is 104 cm³/mol. The van der Waals surface area contributed by atoms with Gasteiger partial charge >= 0.3 is 0 Å². The third-order valence-electron chi connectivity index (χ3n) is 4.77. The maximum absolute atomic E-state index is 12.7. The highest BCUT2D eigenvalue weighted by Crippen LogP contribution is 2.23. The average molecular weight is 364 g/mol. The van der Waals surface area contributed by atoms with Gasteiger partial charge in [0.1, 0.15) is 18.1 Å². The minimum Gasteiger partial charge on any atom is -0.488 e. The molecular weight excluding hydrogens is 340 g/mol. The molecule has 1 heterocycles. The highest BCUT2D eigenvalue weighted by Gasteiger charge is 2.22. The first-order chi connectivity index (χ1) is 13.0. The van der Waals surface area contributed by atoms with Gasteiger partial charge in [-0.15, -0.1) is 0 Å². The lowest BCUT2D eigenvalue weighted by Gasteiger charge is -2.14. The molecule has 27 heavy (non-hydrogen) atoms. The number of rotatable bonds is 6. The topological polar surface area (TPSA) is 64.4 Å². The summed E-state index contributed by atoms with van der Waals surface area (Å²) in [7, 11) is 0. The monoisotopic (exact) mass is 364 g/mol. The maximum atomic E-state index is 12.7. The van der Waals surface area contributed by atoms with Crippen molar-refractivity contribution in [1.82, 2.24) is 10.5 Å². The third kappa shape index (κ3) is 4.19. The van der Waals surface area contributed by atoms with Crippen LogP contribution in [0.15, 0.2) is 53.1 Å². The summed E-state index contributed by atoms with van der Waals surface area (Å²) in [5.74, 6) is 1.10. The molecule has 0 saturated heterocycles. The lowest BCUT2D eigenvalue weighted by Crippen LogP contribution is -2.28. The van der Waals surface area contributed by atoms with Gasteiger partial charge in [0.05, 0.1) is 11.6 Å². The Hall–Kier alpha value is -3.08. The third-order valence-corrected chi connectivity index (χ3v) is 4.77. The number of nitrogens with one attached hydrogen (secondary N) is 1. The number of carbonyl (C=O) groups is 1. The van der Waals surface area contributed by atoms with Crippen LogP contribution in [0.3, 0.4) is 0 Å². The van der Waals surface area contributed by atoms with Crippen LogP contribution >= 0.6 is 0 Å². The van der Waals surface area contributed by atoms with Crippen molar-refractivity contribution in [2.75, 3.05) is 0 Å². The normalized spacial score (nSPS) is 11.9. The van der Waals surface area contributed by atoms with Gasteiger partial charge in [-0.25, -0.2) is 0 Å². The van der Waals surface area contributed by atoms with Gasteiger partial charge in [-0.1, -0.05) is 47.6 Å². The molecule has 3 aromatic rings. The van der Waals surface area contributed by atoms with Crippen LogP contribution < -0.4 is 10.1 Å². The minimum absolute atomic E-state index is 0.136. The molecule has 0 aliphatic heterocycles. The standard InChI is InChI=1S/C22H24N2O3/c1-14-9-8-12-20(15(14)2)26-13-19-17(4)27-24-21(19)22(25)23-16(3)18-10-6-5-7-11-18/h5-12,16H,13H2,1-4H3,(H,23,25). The fourth-order valence-electron chi connectivity index (χ4n) is 2.86. The summed E-state index contributed by atoms with van der Waals surface area (Å²) in [5, 5.41) is 6.92. The molecule has 5 nitrogen and oxygen atoms in total. The summed E-state index contributed by atoms with van der Waals surface area (Å²) in [5.41, 5.74) is 4.19. The van der Waals surface area contributed by atoms with E-state index in [1.165, 1.54) is 0 Å². The quantitative estimate of drug-likeness (QED) is 0.690. The van der Waals surface area contributed by atoms with Gasteiger partial charge in [-0.05, 0) is 50.5 Å². The van der Waals surface area contributed by atoms with Gasteiger partial charge in [-0.3, -0.25) is 4.79 Å². The molecule has 0 aliphatic carbocycles. The largest absolute Gasteiger partial charge is 0.488 e. The fourth-order valence-corrected chi connectivity index (χ4v) is 2.86. The molecule has 0 aliphatic rings. The number of aromatic nitrogens is 1. The minimum atomic E-state index is -0.275. The van der Waals surface area contributed by atoms with Gasteiger partial charge in [0.15, 0.2) is 5.69 Å². The first-order valence-electron chi connectivity index (χ1n) is 8.97. The van der Waals surface area contributed by atoms with Crippen LogP contribution in [0.2, 0.25) is 0 Å². The molecule has 0 bridgehead atoms. The highest BCUT2D eigenvalue weighted by molar-refractivity contribution is 5.94. The van der Waals surface area contributed by atoms with E-state index >= 15 is 0 Å². The number of benzene rings is 2. The molecule has 1 N–H and O–H groups in total. The molecule has 140 valence electrons. The molecule has 0 spiro atoms. The first kappa shape index (κ1) is 18.7. The van der Waals surface area contributed by atoms with E-state index in [0.29, 0.717) is 11.3 Å². The van der Waals surface area contributed by atoms with Crippen molar-refractivity contribution < 1.29 is 14.1 Å². The summed E-state index contributed by atoms with van der Waals surface area (Å²) >= 11 is 0. The summed E-state index contributed by atoms with van der Waals surface area (Å²) in [4.78, 5) is 12.7. The van der Waals surface area contributed by atoms with Gasteiger partial charge in [0, 0.05) is 0 Å². The Morgan fingerprint density at radius 3 is 2.59 bits per heavy atom. The van der Waals surface area contributed by atoms with Crippen LogP contribution in [-0.4, -0.2) is 11.1 Å². The van der Waals surface area contributed by atoms with Gasteiger partial charge < -0.3 is 14.6 Å². The van der Waals surface area contributed by atoms with Crippen LogP contribution in [0.1, 0.15) is 51.5 Å².